The van der Waals surface area contributed by atoms with Crippen molar-refractivity contribution in [3.05, 3.63) is 24.4 Å². The molecule has 0 spiro atoms. The molecule has 0 saturated heterocycles. The van der Waals surface area contributed by atoms with Gasteiger partial charge in [0.2, 0.25) is 0 Å². The van der Waals surface area contributed by atoms with Crippen LogP contribution in [0.3, 0.4) is 0 Å². The molecule has 1 aromatic heterocycles. The van der Waals surface area contributed by atoms with Gasteiger partial charge in [0.15, 0.2) is 0 Å². The van der Waals surface area contributed by atoms with Crippen LogP contribution in [0.1, 0.15) is 13.8 Å². The molecule has 0 radical (unpaired) electrons. The lowest BCUT2D eigenvalue weighted by Gasteiger charge is -1.87. The first-order valence-electron chi connectivity index (χ1n) is 3.88. The van der Waals surface area contributed by atoms with Crippen molar-refractivity contribution in [2.24, 2.45) is 0 Å². The SMILES string of the molecule is CC(=O)OC(C)=O.Nc1ccccn1. The van der Waals surface area contributed by atoms with Crippen molar-refractivity contribution in [3.8, 4) is 0 Å². The number of esters is 2. The molecule has 0 aliphatic rings. The number of pyridine rings is 1. The molecule has 5 nitrogen and oxygen atoms in total. The van der Waals surface area contributed by atoms with Crippen molar-refractivity contribution in [2.75, 3.05) is 5.73 Å². The fourth-order valence-corrected chi connectivity index (χ4v) is 0.578. The van der Waals surface area contributed by atoms with E-state index in [0.29, 0.717) is 5.82 Å². The van der Waals surface area contributed by atoms with E-state index in [9.17, 15) is 9.59 Å². The smallest absolute Gasteiger partial charge is 0.310 e. The molecule has 0 atom stereocenters. The molecule has 0 unspecified atom stereocenters. The molecule has 1 aromatic rings. The second-order valence-electron chi connectivity index (χ2n) is 2.34. The summed E-state index contributed by atoms with van der Waals surface area (Å²) in [5.74, 6) is -0.553. The molecule has 1 heterocycles. The minimum absolute atomic E-state index is 0.562. The molecule has 0 fully saturated rings. The summed E-state index contributed by atoms with van der Waals surface area (Å²) in [5.41, 5.74) is 5.25. The van der Waals surface area contributed by atoms with Gasteiger partial charge in [0.1, 0.15) is 5.82 Å². The highest BCUT2D eigenvalue weighted by molar-refractivity contribution is 5.82. The summed E-state index contributed by atoms with van der Waals surface area (Å²) in [4.78, 5) is 23.4. The summed E-state index contributed by atoms with van der Waals surface area (Å²) in [6.45, 7) is 2.36. The molecule has 0 aliphatic carbocycles. The number of aromatic nitrogens is 1. The highest BCUT2D eigenvalue weighted by Gasteiger charge is 1.93. The average molecular weight is 196 g/mol. The van der Waals surface area contributed by atoms with Crippen molar-refractivity contribution < 1.29 is 14.3 Å². The van der Waals surface area contributed by atoms with Gasteiger partial charge >= 0.3 is 11.9 Å². The fourth-order valence-electron chi connectivity index (χ4n) is 0.578. The number of carbonyl (C=O) groups excluding carboxylic acids is 2. The highest BCUT2D eigenvalue weighted by atomic mass is 16.6. The average Bonchev–Trinajstić information content (AvgIpc) is 2.03. The lowest BCUT2D eigenvalue weighted by Crippen LogP contribution is -2.03. The number of nitrogens with zero attached hydrogens (tertiary/aromatic N) is 1. The van der Waals surface area contributed by atoms with Gasteiger partial charge in [-0.15, -0.1) is 0 Å². The van der Waals surface area contributed by atoms with Crippen LogP contribution < -0.4 is 5.73 Å². The van der Waals surface area contributed by atoms with Crippen molar-refractivity contribution in [2.45, 2.75) is 13.8 Å². The van der Waals surface area contributed by atoms with Crippen molar-refractivity contribution in [1.29, 1.82) is 0 Å². The van der Waals surface area contributed by atoms with Crippen molar-refractivity contribution in [1.82, 2.24) is 4.98 Å². The maximum absolute atomic E-state index is 9.81. The Balaban J connectivity index is 0.000000241. The summed E-state index contributed by atoms with van der Waals surface area (Å²) in [6.07, 6.45) is 1.66. The summed E-state index contributed by atoms with van der Waals surface area (Å²) < 4.78 is 3.97. The second kappa shape index (κ2) is 6.59. The summed E-state index contributed by atoms with van der Waals surface area (Å²) >= 11 is 0. The zero-order valence-corrected chi connectivity index (χ0v) is 8.06. The summed E-state index contributed by atoms with van der Waals surface area (Å²) in [7, 11) is 0. The molecule has 5 heteroatoms. The molecule has 0 aliphatic heterocycles. The molecule has 2 N–H and O–H groups in total. The Morgan fingerprint density at radius 2 is 1.86 bits per heavy atom. The minimum Gasteiger partial charge on any atom is -0.394 e. The molecule has 76 valence electrons. The Hall–Kier alpha value is -1.91. The van der Waals surface area contributed by atoms with Gasteiger partial charge in [-0.2, -0.15) is 0 Å². The quantitative estimate of drug-likeness (QED) is 0.489. The first kappa shape index (κ1) is 12.1. The third-order valence-corrected chi connectivity index (χ3v) is 0.975. The molecule has 0 aromatic carbocycles. The van der Waals surface area contributed by atoms with E-state index in [0.717, 1.165) is 0 Å². The van der Waals surface area contributed by atoms with Crippen LogP contribution in [0.25, 0.3) is 0 Å². The zero-order valence-electron chi connectivity index (χ0n) is 8.06. The van der Waals surface area contributed by atoms with Gasteiger partial charge in [0.25, 0.3) is 0 Å². The van der Waals surface area contributed by atoms with Gasteiger partial charge < -0.3 is 10.5 Å². The predicted molar refractivity (Wildman–Crippen MR) is 51.1 cm³/mol. The van der Waals surface area contributed by atoms with E-state index in [1.54, 1.807) is 12.3 Å². The fraction of sp³-hybridized carbons (Fsp3) is 0.222. The molecular formula is C9H12N2O3. The van der Waals surface area contributed by atoms with E-state index < -0.39 is 11.9 Å². The third kappa shape index (κ3) is 8.19. The van der Waals surface area contributed by atoms with E-state index in [1.807, 2.05) is 12.1 Å². The Morgan fingerprint density at radius 3 is 2.00 bits per heavy atom. The van der Waals surface area contributed by atoms with Crippen LogP contribution in [0, 0.1) is 0 Å². The largest absolute Gasteiger partial charge is 0.394 e. The van der Waals surface area contributed by atoms with Gasteiger partial charge in [0.05, 0.1) is 0 Å². The number of nitrogens with two attached hydrogens (primary N) is 1. The number of hydrogen-bond acceptors (Lipinski definition) is 5. The van der Waals surface area contributed by atoms with Crippen molar-refractivity contribution >= 4 is 17.8 Å². The molecule has 0 bridgehead atoms. The van der Waals surface area contributed by atoms with Crippen LogP contribution >= 0.6 is 0 Å². The lowest BCUT2D eigenvalue weighted by molar-refractivity contribution is -0.156. The maximum atomic E-state index is 9.81. The molecule has 0 saturated carbocycles. The molecule has 0 amide bonds. The Kier molecular flexibility index (Phi) is 5.69. The monoisotopic (exact) mass is 196 g/mol. The first-order chi connectivity index (χ1) is 6.52. The van der Waals surface area contributed by atoms with Gasteiger partial charge in [-0.05, 0) is 12.1 Å². The number of anilines is 1. The molecule has 1 rings (SSSR count). The van der Waals surface area contributed by atoms with E-state index in [4.69, 9.17) is 5.73 Å². The van der Waals surface area contributed by atoms with Gasteiger partial charge in [-0.3, -0.25) is 9.59 Å². The standard InChI is InChI=1S/C5H6N2.C4H6O3/c6-5-3-1-2-4-7-5;1-3(5)7-4(2)6/h1-4H,(H2,6,7);1-2H3. The summed E-state index contributed by atoms with van der Waals surface area (Å²) in [6, 6.07) is 5.43. The third-order valence-electron chi connectivity index (χ3n) is 0.975. The van der Waals surface area contributed by atoms with Gasteiger partial charge in [0, 0.05) is 20.0 Å². The number of hydrogen-bond donors (Lipinski definition) is 1. The number of rotatable bonds is 0. The Morgan fingerprint density at radius 1 is 1.29 bits per heavy atom. The van der Waals surface area contributed by atoms with Crippen LogP contribution in [-0.4, -0.2) is 16.9 Å². The first-order valence-corrected chi connectivity index (χ1v) is 3.88. The van der Waals surface area contributed by atoms with E-state index in [-0.39, 0.29) is 0 Å². The Bertz CT molecular complexity index is 286. The topological polar surface area (TPSA) is 82.3 Å². The number of carbonyl (C=O) groups is 2. The zero-order chi connectivity index (χ0) is 11.0. The van der Waals surface area contributed by atoms with Gasteiger partial charge in [-0.1, -0.05) is 6.07 Å². The van der Waals surface area contributed by atoms with Crippen molar-refractivity contribution in [3.63, 3.8) is 0 Å². The maximum Gasteiger partial charge on any atom is 0.310 e. The summed E-state index contributed by atoms with van der Waals surface area (Å²) in [5, 5.41) is 0. The van der Waals surface area contributed by atoms with Crippen LogP contribution in [0.15, 0.2) is 24.4 Å². The molecule has 14 heavy (non-hydrogen) atoms. The van der Waals surface area contributed by atoms with E-state index >= 15 is 0 Å². The lowest BCUT2D eigenvalue weighted by atomic mass is 10.5. The van der Waals surface area contributed by atoms with Gasteiger partial charge in [-0.25, -0.2) is 4.98 Å². The van der Waals surface area contributed by atoms with Crippen LogP contribution in [0.5, 0.6) is 0 Å². The van der Waals surface area contributed by atoms with Crippen LogP contribution in [0.4, 0.5) is 5.82 Å². The number of ether oxygens (including phenoxy) is 1. The molecular weight excluding hydrogens is 184 g/mol. The van der Waals surface area contributed by atoms with E-state index in [1.165, 1.54) is 13.8 Å². The van der Waals surface area contributed by atoms with Crippen LogP contribution in [-0.2, 0) is 14.3 Å². The highest BCUT2D eigenvalue weighted by Crippen LogP contribution is 1.89. The minimum atomic E-state index is -0.562. The van der Waals surface area contributed by atoms with E-state index in [2.05, 4.69) is 9.72 Å². The van der Waals surface area contributed by atoms with Crippen LogP contribution in [0.2, 0.25) is 0 Å². The predicted octanol–water partition coefficient (Wildman–Crippen LogP) is 0.760. The second-order valence-corrected chi connectivity index (χ2v) is 2.34. The number of nitrogen functional groups attached to an aromatic ring is 1. The normalized spacial score (nSPS) is 8.14. The Labute approximate surface area is 81.9 Å².